The van der Waals surface area contributed by atoms with Crippen LogP contribution in [0.3, 0.4) is 0 Å². The van der Waals surface area contributed by atoms with E-state index in [4.69, 9.17) is 19.2 Å². The van der Waals surface area contributed by atoms with Gasteiger partial charge in [0.1, 0.15) is 0 Å². The third-order valence-corrected chi connectivity index (χ3v) is 4.67. The highest BCUT2D eigenvalue weighted by Crippen LogP contribution is 2.28. The van der Waals surface area contributed by atoms with E-state index in [0.717, 1.165) is 64.2 Å². The molecule has 0 aromatic carbocycles. The third kappa shape index (κ3) is 7.41. The van der Waals surface area contributed by atoms with Crippen molar-refractivity contribution in [2.75, 3.05) is 60.2 Å². The Bertz CT molecular complexity index is 372. The highest BCUT2D eigenvalue weighted by atomic mass is 127. The van der Waals surface area contributed by atoms with Gasteiger partial charge in [0.15, 0.2) is 5.96 Å². The Labute approximate surface area is 163 Å². The first-order chi connectivity index (χ1) is 11.2. The Morgan fingerprint density at radius 3 is 2.62 bits per heavy atom. The number of halogens is 1. The van der Waals surface area contributed by atoms with E-state index < -0.39 is 0 Å². The van der Waals surface area contributed by atoms with Gasteiger partial charge < -0.3 is 24.4 Å². The molecule has 6 nitrogen and oxygen atoms in total. The molecule has 1 aliphatic heterocycles. The second-order valence-electron chi connectivity index (χ2n) is 6.61. The van der Waals surface area contributed by atoms with E-state index >= 15 is 0 Å². The van der Waals surface area contributed by atoms with Gasteiger partial charge in [-0.1, -0.05) is 0 Å². The van der Waals surface area contributed by atoms with Crippen LogP contribution in [0.4, 0.5) is 0 Å². The molecule has 0 amide bonds. The minimum Gasteiger partial charge on any atom is -0.381 e. The fraction of sp³-hybridized carbons (Fsp3) is 0.941. The normalized spacial score (nSPS) is 20.4. The fourth-order valence-electron chi connectivity index (χ4n) is 2.70. The maximum atomic E-state index is 5.76. The van der Waals surface area contributed by atoms with E-state index in [9.17, 15) is 0 Å². The van der Waals surface area contributed by atoms with Gasteiger partial charge in [-0.15, -0.1) is 24.0 Å². The van der Waals surface area contributed by atoms with Crippen molar-refractivity contribution < 1.29 is 14.2 Å². The molecule has 24 heavy (non-hydrogen) atoms. The molecule has 0 atom stereocenters. The lowest BCUT2D eigenvalue weighted by atomic mass is 9.94. The number of rotatable bonds is 9. The second kappa shape index (κ2) is 11.5. The van der Waals surface area contributed by atoms with E-state index in [1.807, 2.05) is 0 Å². The van der Waals surface area contributed by atoms with Crippen molar-refractivity contribution in [2.45, 2.75) is 38.2 Å². The van der Waals surface area contributed by atoms with Gasteiger partial charge in [-0.3, -0.25) is 4.99 Å². The zero-order valence-electron chi connectivity index (χ0n) is 15.4. The largest absolute Gasteiger partial charge is 0.381 e. The standard InChI is InChI=1S/C17H33N3O3.HI/c1-4-18-16(20(2)9-12-23-13-15-5-6-15)19-14-17(21-3)7-10-22-11-8-17;/h15H,4-14H2,1-3H3,(H,18,19);1H. The molecule has 0 aromatic rings. The van der Waals surface area contributed by atoms with E-state index in [2.05, 4.69) is 24.2 Å². The minimum absolute atomic E-state index is 0. The smallest absolute Gasteiger partial charge is 0.193 e. The number of guanidine groups is 1. The summed E-state index contributed by atoms with van der Waals surface area (Å²) >= 11 is 0. The number of hydrogen-bond acceptors (Lipinski definition) is 4. The summed E-state index contributed by atoms with van der Waals surface area (Å²) in [5.41, 5.74) is -0.178. The van der Waals surface area contributed by atoms with Crippen LogP contribution in [0.5, 0.6) is 0 Å². The lowest BCUT2D eigenvalue weighted by molar-refractivity contribution is -0.0829. The molecule has 1 N–H and O–H groups in total. The molecule has 0 unspecified atom stereocenters. The summed E-state index contributed by atoms with van der Waals surface area (Å²) in [7, 11) is 3.84. The maximum Gasteiger partial charge on any atom is 0.193 e. The van der Waals surface area contributed by atoms with E-state index in [-0.39, 0.29) is 29.6 Å². The molecule has 0 radical (unpaired) electrons. The van der Waals surface area contributed by atoms with Crippen molar-refractivity contribution in [3.63, 3.8) is 0 Å². The van der Waals surface area contributed by atoms with Crippen molar-refractivity contribution >= 4 is 29.9 Å². The second-order valence-corrected chi connectivity index (χ2v) is 6.61. The minimum atomic E-state index is -0.178. The quantitative estimate of drug-likeness (QED) is 0.250. The van der Waals surface area contributed by atoms with Crippen LogP contribution in [0.15, 0.2) is 4.99 Å². The van der Waals surface area contributed by atoms with Crippen LogP contribution in [0.1, 0.15) is 32.6 Å². The predicted molar refractivity (Wildman–Crippen MR) is 107 cm³/mol. The average Bonchev–Trinajstić information content (AvgIpc) is 3.40. The van der Waals surface area contributed by atoms with Gasteiger partial charge in [0.05, 0.1) is 18.8 Å². The van der Waals surface area contributed by atoms with Crippen LogP contribution in [0, 0.1) is 5.92 Å². The van der Waals surface area contributed by atoms with Crippen LogP contribution in [0.2, 0.25) is 0 Å². The maximum absolute atomic E-state index is 5.76. The molecule has 0 aromatic heterocycles. The summed E-state index contributed by atoms with van der Waals surface area (Å²) in [5, 5.41) is 3.36. The Morgan fingerprint density at radius 2 is 2.04 bits per heavy atom. The van der Waals surface area contributed by atoms with Crippen LogP contribution < -0.4 is 5.32 Å². The molecule has 1 saturated heterocycles. The zero-order chi connectivity index (χ0) is 16.5. The molecule has 1 heterocycles. The number of hydrogen-bond donors (Lipinski definition) is 1. The number of aliphatic imine (C=N–C) groups is 1. The molecule has 0 spiro atoms. The molecule has 2 rings (SSSR count). The lowest BCUT2D eigenvalue weighted by Crippen LogP contribution is -2.44. The summed E-state index contributed by atoms with van der Waals surface area (Å²) in [6, 6.07) is 0. The average molecular weight is 455 g/mol. The Balaban J connectivity index is 0.00000288. The highest BCUT2D eigenvalue weighted by molar-refractivity contribution is 14.0. The Hall–Kier alpha value is -0.120. The predicted octanol–water partition coefficient (Wildman–Crippen LogP) is 2.12. The molecular formula is C17H34IN3O3. The molecule has 1 aliphatic carbocycles. The van der Waals surface area contributed by atoms with Crippen molar-refractivity contribution in [2.24, 2.45) is 10.9 Å². The molecule has 1 saturated carbocycles. The fourth-order valence-corrected chi connectivity index (χ4v) is 2.70. The number of likely N-dealkylation sites (N-methyl/N-ethyl adjacent to an activating group) is 1. The molecule has 2 aliphatic rings. The number of nitrogens with one attached hydrogen (secondary N) is 1. The molecule has 2 fully saturated rings. The topological polar surface area (TPSA) is 55.3 Å². The van der Waals surface area contributed by atoms with Gasteiger partial charge in [0.2, 0.25) is 0 Å². The Kier molecular flexibility index (Phi) is 10.5. The molecule has 7 heteroatoms. The monoisotopic (exact) mass is 455 g/mol. The summed E-state index contributed by atoms with van der Waals surface area (Å²) < 4.78 is 16.9. The highest BCUT2D eigenvalue weighted by Gasteiger charge is 2.32. The molecular weight excluding hydrogens is 421 g/mol. The first kappa shape index (κ1) is 21.9. The third-order valence-electron chi connectivity index (χ3n) is 4.67. The molecule has 0 bridgehead atoms. The number of methoxy groups -OCH3 is 1. The van der Waals surface area contributed by atoms with Crippen LogP contribution >= 0.6 is 24.0 Å². The summed E-state index contributed by atoms with van der Waals surface area (Å²) in [6.07, 6.45) is 4.48. The molecule has 142 valence electrons. The van der Waals surface area contributed by atoms with Crippen LogP contribution in [0.25, 0.3) is 0 Å². The van der Waals surface area contributed by atoms with Crippen molar-refractivity contribution in [1.82, 2.24) is 10.2 Å². The van der Waals surface area contributed by atoms with Crippen molar-refractivity contribution in [3.05, 3.63) is 0 Å². The van der Waals surface area contributed by atoms with Crippen LogP contribution in [-0.4, -0.2) is 76.7 Å². The van der Waals surface area contributed by atoms with Gasteiger partial charge in [0.25, 0.3) is 0 Å². The number of ether oxygens (including phenoxy) is 3. The SMILES string of the molecule is CCNC(=NCC1(OC)CCOCC1)N(C)CCOCC1CC1.I. The zero-order valence-corrected chi connectivity index (χ0v) is 17.7. The van der Waals surface area contributed by atoms with E-state index in [0.29, 0.717) is 6.54 Å². The first-order valence-electron chi connectivity index (χ1n) is 8.89. The summed E-state index contributed by atoms with van der Waals surface area (Å²) in [6.45, 7) is 7.64. The van der Waals surface area contributed by atoms with Crippen LogP contribution in [-0.2, 0) is 14.2 Å². The van der Waals surface area contributed by atoms with Gasteiger partial charge in [-0.2, -0.15) is 0 Å². The Morgan fingerprint density at radius 1 is 1.33 bits per heavy atom. The summed E-state index contributed by atoms with van der Waals surface area (Å²) in [5.74, 6) is 1.74. The van der Waals surface area contributed by atoms with Gasteiger partial charge in [-0.05, 0) is 25.7 Å². The van der Waals surface area contributed by atoms with Gasteiger partial charge >= 0.3 is 0 Å². The van der Waals surface area contributed by atoms with Crippen molar-refractivity contribution in [1.29, 1.82) is 0 Å². The van der Waals surface area contributed by atoms with Crippen molar-refractivity contribution in [3.8, 4) is 0 Å². The first-order valence-corrected chi connectivity index (χ1v) is 8.89. The van der Waals surface area contributed by atoms with E-state index in [1.54, 1.807) is 7.11 Å². The summed E-state index contributed by atoms with van der Waals surface area (Å²) in [4.78, 5) is 6.94. The number of nitrogens with zero attached hydrogens (tertiary/aromatic N) is 2. The lowest BCUT2D eigenvalue weighted by Gasteiger charge is -2.35. The van der Waals surface area contributed by atoms with Gasteiger partial charge in [-0.25, -0.2) is 0 Å². The van der Waals surface area contributed by atoms with Gasteiger partial charge in [0, 0.05) is 59.9 Å². The van der Waals surface area contributed by atoms with E-state index in [1.165, 1.54) is 12.8 Å².